The molecule has 0 radical (unpaired) electrons. The number of para-hydroxylation sites is 2. The van der Waals surface area contributed by atoms with Crippen LogP contribution in [0.15, 0.2) is 205 Å². The van der Waals surface area contributed by atoms with Gasteiger partial charge in [0.15, 0.2) is 0 Å². The first-order valence-corrected chi connectivity index (χ1v) is 21.0. The van der Waals surface area contributed by atoms with E-state index in [1.165, 1.54) is 66.8 Å². The molecule has 0 saturated heterocycles. The van der Waals surface area contributed by atoms with Crippen LogP contribution in [0.3, 0.4) is 0 Å². The fraction of sp³-hybridized carbons (Fsp3) is 0.0690. The molecule has 3 aliphatic rings. The lowest BCUT2D eigenvalue weighted by Gasteiger charge is -2.30. The summed E-state index contributed by atoms with van der Waals surface area (Å²) in [5.74, 6) is 0. The molecule has 0 bridgehead atoms. The zero-order valence-electron chi connectivity index (χ0n) is 33.4. The van der Waals surface area contributed by atoms with Crippen LogP contribution in [0.5, 0.6) is 0 Å². The smallest absolute Gasteiger partial charge is 0.143 e. The zero-order valence-corrected chi connectivity index (χ0v) is 33.4. The van der Waals surface area contributed by atoms with Gasteiger partial charge in [-0.1, -0.05) is 178 Å². The normalized spacial score (nSPS) is 14.4. The fourth-order valence-electron chi connectivity index (χ4n) is 11.3. The van der Waals surface area contributed by atoms with Crippen LogP contribution in [0, 0.1) is 0 Å². The molecule has 2 nitrogen and oxygen atoms in total. The number of hydrogen-bond donors (Lipinski definition) is 0. The second kappa shape index (κ2) is 12.1. The minimum absolute atomic E-state index is 0.0890. The van der Waals surface area contributed by atoms with E-state index in [4.69, 9.17) is 4.42 Å². The van der Waals surface area contributed by atoms with Gasteiger partial charge in [0.2, 0.25) is 0 Å². The van der Waals surface area contributed by atoms with Crippen molar-refractivity contribution < 1.29 is 4.42 Å². The van der Waals surface area contributed by atoms with E-state index in [1.54, 1.807) is 0 Å². The monoisotopic (exact) mass is 765 g/mol. The third kappa shape index (κ3) is 4.27. The van der Waals surface area contributed by atoms with Crippen molar-refractivity contribution in [2.24, 2.45) is 0 Å². The van der Waals surface area contributed by atoms with Crippen LogP contribution in [0.4, 0.5) is 17.1 Å². The van der Waals surface area contributed by atoms with E-state index in [0.717, 1.165) is 50.1 Å². The highest BCUT2D eigenvalue weighted by Crippen LogP contribution is 2.64. The Bertz CT molecular complexity index is 3360. The van der Waals surface area contributed by atoms with Crippen molar-refractivity contribution in [3.05, 3.63) is 234 Å². The average molecular weight is 766 g/mol. The van der Waals surface area contributed by atoms with E-state index in [0.29, 0.717) is 0 Å². The van der Waals surface area contributed by atoms with Crippen molar-refractivity contribution in [3.8, 4) is 44.5 Å². The van der Waals surface area contributed by atoms with E-state index in [9.17, 15) is 0 Å². The molecule has 282 valence electrons. The Balaban J connectivity index is 0.955. The number of anilines is 3. The second-order valence-electron chi connectivity index (χ2n) is 17.2. The van der Waals surface area contributed by atoms with Crippen molar-refractivity contribution in [3.63, 3.8) is 0 Å². The van der Waals surface area contributed by atoms with Gasteiger partial charge in [-0.2, -0.15) is 0 Å². The van der Waals surface area contributed by atoms with E-state index >= 15 is 0 Å². The van der Waals surface area contributed by atoms with E-state index < -0.39 is 5.41 Å². The molecule has 2 heteroatoms. The van der Waals surface area contributed by atoms with Gasteiger partial charge in [0.05, 0.1) is 5.41 Å². The summed E-state index contributed by atoms with van der Waals surface area (Å²) in [6.45, 7) is 4.69. The van der Waals surface area contributed by atoms with Crippen LogP contribution >= 0.6 is 0 Å². The topological polar surface area (TPSA) is 16.4 Å². The van der Waals surface area contributed by atoms with Crippen molar-refractivity contribution in [2.45, 2.75) is 24.7 Å². The summed E-state index contributed by atoms with van der Waals surface area (Å²) in [4.78, 5) is 2.38. The Kier molecular flexibility index (Phi) is 6.74. The molecular weight excluding hydrogens is 727 g/mol. The SMILES string of the molecule is CC1(C)c2ccccc2-c2ccc(N(c3ccccc3)c3ccc(-c4cccc5c4oc4c6c(ccc45)C4(c5ccccc5-c5ccccc54)c4ccccc4-6)cc3)cc21. The van der Waals surface area contributed by atoms with Gasteiger partial charge in [0.1, 0.15) is 11.2 Å². The molecule has 0 amide bonds. The minimum atomic E-state index is -0.409. The first kappa shape index (κ1) is 33.5. The van der Waals surface area contributed by atoms with Crippen LogP contribution < -0.4 is 4.90 Å². The number of furan rings is 1. The van der Waals surface area contributed by atoms with Crippen molar-refractivity contribution in [1.29, 1.82) is 0 Å². The van der Waals surface area contributed by atoms with Crippen molar-refractivity contribution in [2.75, 3.05) is 4.90 Å². The highest BCUT2D eigenvalue weighted by molar-refractivity contribution is 6.15. The quantitative estimate of drug-likeness (QED) is 0.177. The Labute approximate surface area is 349 Å². The molecule has 0 N–H and O–H groups in total. The lowest BCUT2D eigenvalue weighted by atomic mass is 9.70. The van der Waals surface area contributed by atoms with Gasteiger partial charge in [-0.3, -0.25) is 0 Å². The Morgan fingerprint density at radius 1 is 0.350 bits per heavy atom. The van der Waals surface area contributed by atoms with E-state index in [2.05, 4.69) is 219 Å². The van der Waals surface area contributed by atoms with Crippen LogP contribution in [0.2, 0.25) is 0 Å². The maximum Gasteiger partial charge on any atom is 0.143 e. The minimum Gasteiger partial charge on any atom is -0.455 e. The lowest BCUT2D eigenvalue weighted by Crippen LogP contribution is -2.25. The van der Waals surface area contributed by atoms with Gasteiger partial charge in [0.25, 0.3) is 0 Å². The number of rotatable bonds is 4. The van der Waals surface area contributed by atoms with Crippen molar-refractivity contribution >= 4 is 39.0 Å². The predicted molar refractivity (Wildman–Crippen MR) is 248 cm³/mol. The Morgan fingerprint density at radius 3 is 1.57 bits per heavy atom. The zero-order chi connectivity index (χ0) is 39.7. The molecule has 10 aromatic rings. The van der Waals surface area contributed by atoms with E-state index in [1.807, 2.05) is 0 Å². The van der Waals surface area contributed by atoms with Gasteiger partial charge >= 0.3 is 0 Å². The van der Waals surface area contributed by atoms with Crippen molar-refractivity contribution in [1.82, 2.24) is 0 Å². The summed E-state index contributed by atoms with van der Waals surface area (Å²) >= 11 is 0. The molecule has 60 heavy (non-hydrogen) atoms. The molecule has 0 aliphatic heterocycles. The standard InChI is InChI=1S/C58H39NO/c1-57(2)48-23-10-6-17-41(48)44-32-31-39(35-53(44)57)59(37-15-4-3-5-16-37)38-29-27-36(28-30-38)40-21-14-22-45-46-33-34-52-54(56(46)60-55(40)45)47-20-9-13-26-51(47)58(52)49-24-11-7-18-42(49)43-19-8-12-25-50(43)58/h3-35H,1-2H3. The third-order valence-corrected chi connectivity index (χ3v) is 13.9. The molecule has 13 rings (SSSR count). The number of nitrogens with zero attached hydrogens (tertiary/aromatic N) is 1. The molecule has 0 saturated carbocycles. The summed E-state index contributed by atoms with van der Waals surface area (Å²) in [6, 6.07) is 73.7. The van der Waals surface area contributed by atoms with Gasteiger partial charge in [-0.15, -0.1) is 0 Å². The number of hydrogen-bond acceptors (Lipinski definition) is 2. The Morgan fingerprint density at radius 2 is 0.867 bits per heavy atom. The van der Waals surface area contributed by atoms with Gasteiger partial charge in [0, 0.05) is 44.4 Å². The van der Waals surface area contributed by atoms with Gasteiger partial charge in [-0.25, -0.2) is 0 Å². The van der Waals surface area contributed by atoms with Crippen LogP contribution in [-0.2, 0) is 10.8 Å². The molecule has 1 heterocycles. The van der Waals surface area contributed by atoms with Gasteiger partial charge in [-0.05, 0) is 103 Å². The Hall–Kier alpha value is -7.42. The largest absolute Gasteiger partial charge is 0.455 e. The molecule has 1 spiro atoms. The highest BCUT2D eigenvalue weighted by atomic mass is 16.3. The number of benzene rings is 9. The maximum absolute atomic E-state index is 7.21. The summed E-state index contributed by atoms with van der Waals surface area (Å²) in [5, 5.41) is 2.28. The van der Waals surface area contributed by atoms with Crippen LogP contribution in [0.1, 0.15) is 47.2 Å². The van der Waals surface area contributed by atoms with Gasteiger partial charge < -0.3 is 9.32 Å². The molecule has 0 unspecified atom stereocenters. The summed E-state index contributed by atoms with van der Waals surface area (Å²) in [6.07, 6.45) is 0. The molecular formula is C58H39NO. The van der Waals surface area contributed by atoms with E-state index in [-0.39, 0.29) is 5.41 Å². The summed E-state index contributed by atoms with van der Waals surface area (Å²) < 4.78 is 7.21. The van der Waals surface area contributed by atoms with Crippen LogP contribution in [-0.4, -0.2) is 0 Å². The highest BCUT2D eigenvalue weighted by Gasteiger charge is 2.52. The first-order chi connectivity index (χ1) is 29.5. The second-order valence-corrected chi connectivity index (χ2v) is 17.2. The molecule has 3 aliphatic carbocycles. The fourth-order valence-corrected chi connectivity index (χ4v) is 11.3. The summed E-state index contributed by atoms with van der Waals surface area (Å²) in [7, 11) is 0. The predicted octanol–water partition coefficient (Wildman–Crippen LogP) is 15.4. The lowest BCUT2D eigenvalue weighted by molar-refractivity contribution is 0.660. The molecule has 0 fully saturated rings. The molecule has 0 atom stereocenters. The maximum atomic E-state index is 7.21. The number of fused-ring (bicyclic) bond motifs is 17. The average Bonchev–Trinajstić information content (AvgIpc) is 3.99. The molecule has 1 aromatic heterocycles. The summed E-state index contributed by atoms with van der Waals surface area (Å²) in [5.41, 5.74) is 22.7. The molecule has 9 aromatic carbocycles. The first-order valence-electron chi connectivity index (χ1n) is 21.0. The third-order valence-electron chi connectivity index (χ3n) is 13.9. The van der Waals surface area contributed by atoms with Crippen LogP contribution in [0.25, 0.3) is 66.4 Å².